The van der Waals surface area contributed by atoms with Gasteiger partial charge in [-0.3, -0.25) is 4.79 Å². The molecule has 4 rings (SSSR count). The first-order valence-electron chi connectivity index (χ1n) is 9.80. The standard InChI is InChI=1S/C22H23N3O4/c1-2-27-16-9-7-15(8-10-16)22-24-21(29-25-22)12-11-20(26)23-18-13-14-28-19-6-4-3-5-17(18)19/h3-10,18H,2,11-14H2,1H3,(H,23,26). The molecule has 3 aromatic rings. The number of nitrogens with one attached hydrogen (secondary N) is 1. The number of benzene rings is 2. The Morgan fingerprint density at radius 3 is 2.86 bits per heavy atom. The van der Waals surface area contributed by atoms with Crippen LogP contribution < -0.4 is 14.8 Å². The molecular formula is C22H23N3O4. The highest BCUT2D eigenvalue weighted by atomic mass is 16.5. The van der Waals surface area contributed by atoms with Gasteiger partial charge < -0.3 is 19.3 Å². The van der Waals surface area contributed by atoms with Crippen LogP contribution in [-0.2, 0) is 11.2 Å². The van der Waals surface area contributed by atoms with E-state index in [4.69, 9.17) is 14.0 Å². The van der Waals surface area contributed by atoms with E-state index in [0.29, 0.717) is 31.3 Å². The Morgan fingerprint density at radius 2 is 2.03 bits per heavy atom. The predicted molar refractivity (Wildman–Crippen MR) is 107 cm³/mol. The summed E-state index contributed by atoms with van der Waals surface area (Å²) in [5.41, 5.74) is 1.86. The van der Waals surface area contributed by atoms with Gasteiger partial charge in [-0.05, 0) is 37.3 Å². The van der Waals surface area contributed by atoms with Gasteiger partial charge in [0.25, 0.3) is 0 Å². The number of carbonyl (C=O) groups excluding carboxylic acids is 1. The molecule has 0 spiro atoms. The number of nitrogens with zero attached hydrogens (tertiary/aromatic N) is 2. The minimum absolute atomic E-state index is 0.0328. The number of rotatable bonds is 7. The highest BCUT2D eigenvalue weighted by Crippen LogP contribution is 2.31. The van der Waals surface area contributed by atoms with Crippen LogP contribution in [0.1, 0.15) is 37.3 Å². The number of hydrogen-bond acceptors (Lipinski definition) is 6. The first kappa shape index (κ1) is 19.0. The van der Waals surface area contributed by atoms with Crippen molar-refractivity contribution in [3.8, 4) is 22.9 Å². The number of fused-ring (bicyclic) bond motifs is 1. The van der Waals surface area contributed by atoms with Gasteiger partial charge in [-0.2, -0.15) is 4.98 Å². The molecule has 29 heavy (non-hydrogen) atoms. The minimum atomic E-state index is -0.0486. The smallest absolute Gasteiger partial charge is 0.227 e. The van der Waals surface area contributed by atoms with Crippen LogP contribution in [-0.4, -0.2) is 29.3 Å². The van der Waals surface area contributed by atoms with E-state index in [9.17, 15) is 4.79 Å². The van der Waals surface area contributed by atoms with E-state index < -0.39 is 0 Å². The molecule has 0 aliphatic carbocycles. The van der Waals surface area contributed by atoms with E-state index in [-0.39, 0.29) is 18.4 Å². The second kappa shape index (κ2) is 8.77. The molecule has 7 nitrogen and oxygen atoms in total. The lowest BCUT2D eigenvalue weighted by Gasteiger charge is -2.26. The van der Waals surface area contributed by atoms with Crippen molar-refractivity contribution in [3.05, 3.63) is 60.0 Å². The molecule has 1 unspecified atom stereocenters. The normalized spacial score (nSPS) is 15.3. The molecule has 1 atom stereocenters. The Hall–Kier alpha value is -3.35. The Balaban J connectivity index is 1.32. The van der Waals surface area contributed by atoms with Crippen LogP contribution in [0.2, 0.25) is 0 Å². The first-order chi connectivity index (χ1) is 14.2. The Kier molecular flexibility index (Phi) is 5.74. The van der Waals surface area contributed by atoms with Gasteiger partial charge in [-0.25, -0.2) is 0 Å². The summed E-state index contributed by atoms with van der Waals surface area (Å²) in [6, 6.07) is 15.3. The molecule has 150 valence electrons. The van der Waals surface area contributed by atoms with Gasteiger partial charge in [-0.1, -0.05) is 23.4 Å². The van der Waals surface area contributed by atoms with Gasteiger partial charge in [0.1, 0.15) is 11.5 Å². The number of aryl methyl sites for hydroxylation is 1. The summed E-state index contributed by atoms with van der Waals surface area (Å²) in [6.07, 6.45) is 1.43. The Labute approximate surface area is 169 Å². The number of carbonyl (C=O) groups is 1. The zero-order chi connectivity index (χ0) is 20.1. The molecule has 0 fully saturated rings. The molecule has 2 heterocycles. The Morgan fingerprint density at radius 1 is 1.21 bits per heavy atom. The minimum Gasteiger partial charge on any atom is -0.494 e. The molecule has 0 saturated carbocycles. The zero-order valence-electron chi connectivity index (χ0n) is 16.3. The number of ether oxygens (including phenoxy) is 2. The van der Waals surface area contributed by atoms with Crippen LogP contribution in [0.4, 0.5) is 0 Å². The SMILES string of the molecule is CCOc1ccc(-c2noc(CCC(=O)NC3CCOc4ccccc43)n2)cc1. The van der Waals surface area contributed by atoms with Crippen molar-refractivity contribution >= 4 is 5.91 Å². The fourth-order valence-electron chi connectivity index (χ4n) is 3.32. The average Bonchev–Trinajstić information content (AvgIpc) is 3.22. The molecule has 0 bridgehead atoms. The van der Waals surface area contributed by atoms with Crippen LogP contribution in [0.25, 0.3) is 11.4 Å². The summed E-state index contributed by atoms with van der Waals surface area (Å²) >= 11 is 0. The maximum absolute atomic E-state index is 12.4. The molecular weight excluding hydrogens is 370 g/mol. The predicted octanol–water partition coefficient (Wildman–Crippen LogP) is 3.71. The number of hydrogen-bond donors (Lipinski definition) is 1. The molecule has 0 saturated heterocycles. The molecule has 1 aliphatic rings. The van der Waals surface area contributed by atoms with Crippen molar-refractivity contribution in [2.75, 3.05) is 13.2 Å². The average molecular weight is 393 g/mol. The second-order valence-corrected chi connectivity index (χ2v) is 6.76. The quantitative estimate of drug-likeness (QED) is 0.659. The monoisotopic (exact) mass is 393 g/mol. The van der Waals surface area contributed by atoms with Crippen LogP contribution >= 0.6 is 0 Å². The lowest BCUT2D eigenvalue weighted by molar-refractivity contribution is -0.122. The van der Waals surface area contributed by atoms with E-state index in [2.05, 4.69) is 15.5 Å². The van der Waals surface area contributed by atoms with E-state index in [1.54, 1.807) is 0 Å². The van der Waals surface area contributed by atoms with Gasteiger partial charge in [0.15, 0.2) is 0 Å². The maximum Gasteiger partial charge on any atom is 0.227 e. The molecule has 1 N–H and O–H groups in total. The van der Waals surface area contributed by atoms with Crippen molar-refractivity contribution in [2.24, 2.45) is 0 Å². The first-order valence-corrected chi connectivity index (χ1v) is 9.80. The summed E-state index contributed by atoms with van der Waals surface area (Å²) in [4.78, 5) is 16.8. The summed E-state index contributed by atoms with van der Waals surface area (Å²) < 4.78 is 16.4. The third kappa shape index (κ3) is 4.56. The van der Waals surface area contributed by atoms with E-state index >= 15 is 0 Å². The number of aromatic nitrogens is 2. The lowest BCUT2D eigenvalue weighted by Crippen LogP contribution is -2.32. The number of para-hydroxylation sites is 1. The van der Waals surface area contributed by atoms with E-state index in [1.165, 1.54) is 0 Å². The van der Waals surface area contributed by atoms with Crippen molar-refractivity contribution in [2.45, 2.75) is 32.2 Å². The van der Waals surface area contributed by atoms with E-state index in [1.807, 2.05) is 55.5 Å². The second-order valence-electron chi connectivity index (χ2n) is 6.76. The van der Waals surface area contributed by atoms with Crippen LogP contribution in [0.5, 0.6) is 11.5 Å². The summed E-state index contributed by atoms with van der Waals surface area (Å²) in [7, 11) is 0. The largest absolute Gasteiger partial charge is 0.494 e. The third-order valence-corrected chi connectivity index (χ3v) is 4.75. The van der Waals surface area contributed by atoms with Crippen molar-refractivity contribution in [1.82, 2.24) is 15.5 Å². The van der Waals surface area contributed by atoms with Crippen LogP contribution in [0.15, 0.2) is 53.1 Å². The summed E-state index contributed by atoms with van der Waals surface area (Å²) in [6.45, 7) is 3.15. The van der Waals surface area contributed by atoms with E-state index in [0.717, 1.165) is 29.0 Å². The summed E-state index contributed by atoms with van der Waals surface area (Å²) in [5.74, 6) is 2.53. The van der Waals surface area contributed by atoms with Crippen molar-refractivity contribution in [1.29, 1.82) is 0 Å². The van der Waals surface area contributed by atoms with Gasteiger partial charge >= 0.3 is 0 Å². The van der Waals surface area contributed by atoms with Gasteiger partial charge in [0, 0.05) is 30.4 Å². The van der Waals surface area contributed by atoms with Crippen molar-refractivity contribution < 1.29 is 18.8 Å². The zero-order valence-corrected chi connectivity index (χ0v) is 16.3. The van der Waals surface area contributed by atoms with Crippen LogP contribution in [0, 0.1) is 0 Å². The highest BCUT2D eigenvalue weighted by molar-refractivity contribution is 5.76. The maximum atomic E-state index is 12.4. The molecule has 1 aliphatic heterocycles. The molecule has 1 aromatic heterocycles. The molecule has 1 amide bonds. The van der Waals surface area contributed by atoms with Gasteiger partial charge in [-0.15, -0.1) is 0 Å². The highest BCUT2D eigenvalue weighted by Gasteiger charge is 2.22. The number of amides is 1. The Bertz CT molecular complexity index is 968. The van der Waals surface area contributed by atoms with Gasteiger partial charge in [0.2, 0.25) is 17.6 Å². The van der Waals surface area contributed by atoms with Crippen molar-refractivity contribution in [3.63, 3.8) is 0 Å². The fourth-order valence-corrected chi connectivity index (χ4v) is 3.32. The molecule has 7 heteroatoms. The van der Waals surface area contributed by atoms with Gasteiger partial charge in [0.05, 0.1) is 19.3 Å². The molecule has 2 aromatic carbocycles. The lowest BCUT2D eigenvalue weighted by atomic mass is 10.0. The summed E-state index contributed by atoms with van der Waals surface area (Å²) in [5, 5.41) is 7.09. The molecule has 0 radical (unpaired) electrons. The fraction of sp³-hybridized carbons (Fsp3) is 0.318. The van der Waals surface area contributed by atoms with Crippen LogP contribution in [0.3, 0.4) is 0 Å². The topological polar surface area (TPSA) is 86.5 Å². The third-order valence-electron chi connectivity index (χ3n) is 4.75.